The minimum absolute atomic E-state index is 0.163. The van der Waals surface area contributed by atoms with Gasteiger partial charge in [-0.2, -0.15) is 4.98 Å². The van der Waals surface area contributed by atoms with Crippen LogP contribution in [0.4, 0.5) is 16.2 Å². The average molecular weight is 381 g/mol. The Morgan fingerprint density at radius 1 is 1.21 bits per heavy atom. The number of hydrogen-bond acceptors (Lipinski definition) is 7. The van der Waals surface area contributed by atoms with Gasteiger partial charge in [0.15, 0.2) is 5.82 Å². The molecule has 3 heterocycles. The summed E-state index contributed by atoms with van der Waals surface area (Å²) in [5.41, 5.74) is 1.25. The Morgan fingerprint density at radius 2 is 2.04 bits per heavy atom. The highest BCUT2D eigenvalue weighted by atomic mass is 19.1. The summed E-state index contributed by atoms with van der Waals surface area (Å²) in [6.45, 7) is 2.96. The zero-order valence-corrected chi connectivity index (χ0v) is 15.2. The monoisotopic (exact) mass is 381 g/mol. The number of hydrogen-bond donors (Lipinski definition) is 3. The quantitative estimate of drug-likeness (QED) is 0.566. The Bertz CT molecular complexity index is 968. The summed E-state index contributed by atoms with van der Waals surface area (Å²) in [6.07, 6.45) is 1.63. The van der Waals surface area contributed by atoms with E-state index in [2.05, 4.69) is 25.5 Å². The van der Waals surface area contributed by atoms with Crippen molar-refractivity contribution in [2.75, 3.05) is 36.5 Å². The Balaban J connectivity index is 1.52. The number of nitrogens with one attached hydrogen (secondary N) is 3. The number of rotatable bonds is 6. The van der Waals surface area contributed by atoms with Gasteiger partial charge in [0.1, 0.15) is 17.3 Å². The molecule has 0 saturated carbocycles. The van der Waals surface area contributed by atoms with Crippen molar-refractivity contribution in [3.05, 3.63) is 65.4 Å². The third-order valence-electron chi connectivity index (χ3n) is 4.49. The number of anilines is 2. The topological polar surface area (TPSA) is 103 Å². The van der Waals surface area contributed by atoms with Gasteiger partial charge >= 0.3 is 0 Å². The highest BCUT2D eigenvalue weighted by molar-refractivity contribution is 6.11. The number of aromatic amines is 1. The standard InChI is InChI=1S/C19H20FN7O/c20-15-6-2-1-4-13(15)12-23-17-14(5-3-7-22-17)16(21)18-24-19(26-25-18)27-8-10-28-11-9-27/h1-7,21H,8-12H2,(H,22,23)(H,24,25,26). The molecule has 0 unspecified atom stereocenters. The van der Waals surface area contributed by atoms with Crippen molar-refractivity contribution in [3.63, 3.8) is 0 Å². The Morgan fingerprint density at radius 3 is 2.86 bits per heavy atom. The van der Waals surface area contributed by atoms with Crippen LogP contribution in [0.1, 0.15) is 17.0 Å². The third-order valence-corrected chi connectivity index (χ3v) is 4.49. The van der Waals surface area contributed by atoms with Crippen LogP contribution in [0.25, 0.3) is 0 Å². The van der Waals surface area contributed by atoms with Crippen LogP contribution in [-0.2, 0) is 11.3 Å². The average Bonchev–Trinajstić information content (AvgIpc) is 3.24. The van der Waals surface area contributed by atoms with Crippen LogP contribution in [0.15, 0.2) is 42.6 Å². The fourth-order valence-corrected chi connectivity index (χ4v) is 2.97. The zero-order valence-electron chi connectivity index (χ0n) is 15.2. The molecule has 1 fully saturated rings. The van der Waals surface area contributed by atoms with Gasteiger partial charge < -0.3 is 15.0 Å². The van der Waals surface area contributed by atoms with Crippen LogP contribution < -0.4 is 10.2 Å². The van der Waals surface area contributed by atoms with Gasteiger partial charge in [-0.1, -0.05) is 18.2 Å². The number of ether oxygens (including phenoxy) is 1. The first-order valence-corrected chi connectivity index (χ1v) is 8.99. The fraction of sp³-hybridized carbons (Fsp3) is 0.263. The number of nitrogens with zero attached hydrogens (tertiary/aromatic N) is 4. The van der Waals surface area contributed by atoms with Gasteiger partial charge in [-0.05, 0) is 18.2 Å². The largest absolute Gasteiger partial charge is 0.378 e. The molecule has 1 saturated heterocycles. The summed E-state index contributed by atoms with van der Waals surface area (Å²) in [5.74, 6) is 1.10. The van der Waals surface area contributed by atoms with Gasteiger partial charge in [0.05, 0.1) is 13.2 Å². The predicted molar refractivity (Wildman–Crippen MR) is 103 cm³/mol. The molecule has 3 aromatic rings. The van der Waals surface area contributed by atoms with Crippen molar-refractivity contribution >= 4 is 17.5 Å². The second kappa shape index (κ2) is 8.13. The lowest BCUT2D eigenvalue weighted by molar-refractivity contribution is 0.122. The first kappa shape index (κ1) is 18.1. The van der Waals surface area contributed by atoms with Gasteiger partial charge in [0.25, 0.3) is 0 Å². The van der Waals surface area contributed by atoms with Crippen molar-refractivity contribution in [3.8, 4) is 0 Å². The first-order chi connectivity index (χ1) is 13.7. The van der Waals surface area contributed by atoms with Crippen molar-refractivity contribution in [1.29, 1.82) is 5.41 Å². The van der Waals surface area contributed by atoms with Crippen LogP contribution in [-0.4, -0.2) is 52.2 Å². The minimum atomic E-state index is -0.284. The lowest BCUT2D eigenvalue weighted by Gasteiger charge is -2.25. The van der Waals surface area contributed by atoms with Gasteiger partial charge in [0.2, 0.25) is 5.95 Å². The number of aromatic nitrogens is 4. The van der Waals surface area contributed by atoms with Crippen LogP contribution in [0.3, 0.4) is 0 Å². The predicted octanol–water partition coefficient (Wildman–Crippen LogP) is 2.20. The van der Waals surface area contributed by atoms with E-state index >= 15 is 0 Å². The summed E-state index contributed by atoms with van der Waals surface area (Å²) in [4.78, 5) is 10.8. The Kier molecular flexibility index (Phi) is 5.24. The van der Waals surface area contributed by atoms with E-state index in [4.69, 9.17) is 10.1 Å². The molecule has 8 nitrogen and oxygen atoms in total. The molecule has 3 N–H and O–H groups in total. The van der Waals surface area contributed by atoms with Crippen molar-refractivity contribution in [2.24, 2.45) is 0 Å². The molecule has 28 heavy (non-hydrogen) atoms. The summed E-state index contributed by atoms with van der Waals surface area (Å²) < 4.78 is 19.2. The maximum atomic E-state index is 13.9. The molecular weight excluding hydrogens is 361 g/mol. The van der Waals surface area contributed by atoms with Gasteiger partial charge in [-0.3, -0.25) is 10.5 Å². The van der Waals surface area contributed by atoms with Crippen LogP contribution in [0.5, 0.6) is 0 Å². The number of H-pyrrole nitrogens is 1. The molecule has 1 aromatic carbocycles. The normalized spacial score (nSPS) is 14.1. The summed E-state index contributed by atoms with van der Waals surface area (Å²) in [7, 11) is 0. The summed E-state index contributed by atoms with van der Waals surface area (Å²) >= 11 is 0. The Labute approximate surface area is 161 Å². The van der Waals surface area contributed by atoms with E-state index < -0.39 is 0 Å². The van der Waals surface area contributed by atoms with Crippen LogP contribution in [0, 0.1) is 11.2 Å². The van der Waals surface area contributed by atoms with Crippen molar-refractivity contribution in [2.45, 2.75) is 6.54 Å². The second-order valence-corrected chi connectivity index (χ2v) is 6.30. The first-order valence-electron chi connectivity index (χ1n) is 8.99. The van der Waals surface area contributed by atoms with E-state index in [1.165, 1.54) is 6.07 Å². The highest BCUT2D eigenvalue weighted by Gasteiger charge is 2.19. The lowest BCUT2D eigenvalue weighted by Crippen LogP contribution is -2.36. The SMILES string of the molecule is N=C(c1nc(N2CCOCC2)n[nH]1)c1cccnc1NCc1ccccc1F. The molecule has 0 spiro atoms. The number of pyridine rings is 1. The molecule has 1 aliphatic heterocycles. The molecule has 1 aliphatic rings. The molecule has 0 radical (unpaired) electrons. The molecule has 144 valence electrons. The minimum Gasteiger partial charge on any atom is -0.378 e. The number of benzene rings is 1. The number of morpholine rings is 1. The van der Waals surface area contributed by atoms with Gasteiger partial charge in [-0.15, -0.1) is 5.10 Å². The molecule has 2 aromatic heterocycles. The van der Waals surface area contributed by atoms with Crippen LogP contribution in [0.2, 0.25) is 0 Å². The molecule has 0 amide bonds. The van der Waals surface area contributed by atoms with E-state index in [0.29, 0.717) is 55.0 Å². The molecular formula is C19H20FN7O. The van der Waals surface area contributed by atoms with E-state index in [0.717, 1.165) is 0 Å². The van der Waals surface area contributed by atoms with Gasteiger partial charge in [-0.25, -0.2) is 9.37 Å². The van der Waals surface area contributed by atoms with E-state index in [1.807, 2.05) is 4.90 Å². The molecule has 0 aliphatic carbocycles. The summed E-state index contributed by atoms with van der Waals surface area (Å²) in [6, 6.07) is 10.1. The summed E-state index contributed by atoms with van der Waals surface area (Å²) in [5, 5.41) is 18.7. The molecule has 0 atom stereocenters. The smallest absolute Gasteiger partial charge is 0.245 e. The van der Waals surface area contributed by atoms with E-state index in [1.54, 1.807) is 36.5 Å². The van der Waals surface area contributed by atoms with Crippen molar-refractivity contribution < 1.29 is 9.13 Å². The van der Waals surface area contributed by atoms with Crippen LogP contribution >= 0.6 is 0 Å². The zero-order chi connectivity index (χ0) is 19.3. The van der Waals surface area contributed by atoms with E-state index in [9.17, 15) is 4.39 Å². The van der Waals surface area contributed by atoms with Gasteiger partial charge in [0, 0.05) is 37.0 Å². The maximum absolute atomic E-state index is 13.9. The van der Waals surface area contributed by atoms with E-state index in [-0.39, 0.29) is 18.1 Å². The Hall–Kier alpha value is -3.33. The third kappa shape index (κ3) is 3.84. The van der Waals surface area contributed by atoms with Crippen molar-refractivity contribution in [1.82, 2.24) is 20.2 Å². The maximum Gasteiger partial charge on any atom is 0.245 e. The fourth-order valence-electron chi connectivity index (χ4n) is 2.97. The lowest BCUT2D eigenvalue weighted by atomic mass is 10.1. The molecule has 4 rings (SSSR count). The molecule has 9 heteroatoms. The molecule has 0 bridgehead atoms. The second-order valence-electron chi connectivity index (χ2n) is 6.30. The highest BCUT2D eigenvalue weighted by Crippen LogP contribution is 2.18. The number of halogens is 1.